The standard InChI is InChI=1S/C15H14ClN5/c16-13-7-6-12(10-14(13)17)15-18-19-20-21(15)9-8-11-4-2-1-3-5-11/h1-7,10H,8-9,17H2. The average molecular weight is 300 g/mol. The molecule has 0 aliphatic heterocycles. The zero-order chi connectivity index (χ0) is 14.7. The molecule has 0 atom stereocenters. The fourth-order valence-electron chi connectivity index (χ4n) is 2.12. The van der Waals surface area contributed by atoms with Crippen molar-refractivity contribution in [1.29, 1.82) is 0 Å². The van der Waals surface area contributed by atoms with Gasteiger partial charge in [0.2, 0.25) is 0 Å². The van der Waals surface area contributed by atoms with Crippen LogP contribution < -0.4 is 5.73 Å². The molecule has 0 unspecified atom stereocenters. The summed E-state index contributed by atoms with van der Waals surface area (Å²) in [4.78, 5) is 0. The van der Waals surface area contributed by atoms with Gasteiger partial charge in [0.05, 0.1) is 10.7 Å². The van der Waals surface area contributed by atoms with Gasteiger partial charge in [-0.05, 0) is 40.6 Å². The summed E-state index contributed by atoms with van der Waals surface area (Å²) >= 11 is 5.94. The first kappa shape index (κ1) is 13.6. The fraction of sp³-hybridized carbons (Fsp3) is 0.133. The summed E-state index contributed by atoms with van der Waals surface area (Å²) in [5, 5.41) is 12.4. The van der Waals surface area contributed by atoms with E-state index in [0.717, 1.165) is 12.0 Å². The Bertz CT molecular complexity index is 739. The maximum Gasteiger partial charge on any atom is 0.182 e. The van der Waals surface area contributed by atoms with Crippen molar-refractivity contribution in [3.8, 4) is 11.4 Å². The number of hydrogen-bond donors (Lipinski definition) is 1. The Kier molecular flexibility index (Phi) is 3.83. The van der Waals surface area contributed by atoms with E-state index in [4.69, 9.17) is 17.3 Å². The van der Waals surface area contributed by atoms with Crippen LogP contribution in [0.1, 0.15) is 5.56 Å². The van der Waals surface area contributed by atoms with Crippen LogP contribution >= 0.6 is 11.6 Å². The third-order valence-corrected chi connectivity index (χ3v) is 3.59. The number of nitrogens with zero attached hydrogens (tertiary/aromatic N) is 4. The van der Waals surface area contributed by atoms with Gasteiger partial charge in [-0.15, -0.1) is 5.10 Å². The number of nitrogen functional groups attached to an aromatic ring is 1. The molecule has 1 heterocycles. The zero-order valence-electron chi connectivity index (χ0n) is 11.3. The first-order chi connectivity index (χ1) is 10.2. The molecule has 0 aliphatic carbocycles. The molecular weight excluding hydrogens is 286 g/mol. The summed E-state index contributed by atoms with van der Waals surface area (Å²) in [5.74, 6) is 0.689. The normalized spacial score (nSPS) is 10.7. The minimum absolute atomic E-state index is 0.520. The van der Waals surface area contributed by atoms with E-state index in [0.29, 0.717) is 23.1 Å². The van der Waals surface area contributed by atoms with Gasteiger partial charge >= 0.3 is 0 Å². The molecule has 3 rings (SSSR count). The SMILES string of the molecule is Nc1cc(-c2nnnn2CCc2ccccc2)ccc1Cl. The summed E-state index contributed by atoms with van der Waals surface area (Å²) in [6, 6.07) is 15.6. The maximum absolute atomic E-state index is 5.94. The summed E-state index contributed by atoms with van der Waals surface area (Å²) < 4.78 is 1.77. The molecule has 5 nitrogen and oxygen atoms in total. The van der Waals surface area contributed by atoms with Gasteiger partial charge in [0.15, 0.2) is 5.82 Å². The summed E-state index contributed by atoms with van der Waals surface area (Å²) in [7, 11) is 0. The van der Waals surface area contributed by atoms with Gasteiger partial charge in [0.1, 0.15) is 0 Å². The largest absolute Gasteiger partial charge is 0.398 e. The van der Waals surface area contributed by atoms with E-state index in [2.05, 4.69) is 27.7 Å². The fourth-order valence-corrected chi connectivity index (χ4v) is 2.24. The number of rotatable bonds is 4. The van der Waals surface area contributed by atoms with Crippen LogP contribution in [-0.4, -0.2) is 20.2 Å². The maximum atomic E-state index is 5.94. The van der Waals surface area contributed by atoms with Crippen molar-refractivity contribution < 1.29 is 0 Å². The van der Waals surface area contributed by atoms with Crippen LogP contribution in [0, 0.1) is 0 Å². The first-order valence-electron chi connectivity index (χ1n) is 6.59. The molecular formula is C15H14ClN5. The molecule has 21 heavy (non-hydrogen) atoms. The third kappa shape index (κ3) is 3.03. The number of nitrogens with two attached hydrogens (primary N) is 1. The van der Waals surface area contributed by atoms with Gasteiger partial charge < -0.3 is 5.73 Å². The third-order valence-electron chi connectivity index (χ3n) is 3.24. The summed E-state index contributed by atoms with van der Waals surface area (Å²) in [5.41, 5.74) is 8.45. The van der Waals surface area contributed by atoms with Gasteiger partial charge in [0.25, 0.3) is 0 Å². The van der Waals surface area contributed by atoms with E-state index in [9.17, 15) is 0 Å². The molecule has 6 heteroatoms. The Morgan fingerprint density at radius 1 is 1.10 bits per heavy atom. The summed E-state index contributed by atoms with van der Waals surface area (Å²) in [6.07, 6.45) is 0.863. The van der Waals surface area contributed by atoms with Crippen molar-refractivity contribution in [3.05, 3.63) is 59.1 Å². The van der Waals surface area contributed by atoms with E-state index in [1.54, 1.807) is 16.8 Å². The highest BCUT2D eigenvalue weighted by atomic mass is 35.5. The van der Waals surface area contributed by atoms with Crippen molar-refractivity contribution >= 4 is 17.3 Å². The monoisotopic (exact) mass is 299 g/mol. The number of aromatic nitrogens is 4. The Morgan fingerprint density at radius 2 is 1.90 bits per heavy atom. The van der Waals surface area contributed by atoms with Crippen molar-refractivity contribution in [1.82, 2.24) is 20.2 Å². The quantitative estimate of drug-likeness (QED) is 0.752. The van der Waals surface area contributed by atoms with Crippen LogP contribution in [0.15, 0.2) is 48.5 Å². The van der Waals surface area contributed by atoms with Crippen LogP contribution in [-0.2, 0) is 13.0 Å². The van der Waals surface area contributed by atoms with E-state index in [-0.39, 0.29) is 0 Å². The highest BCUT2D eigenvalue weighted by Crippen LogP contribution is 2.25. The van der Waals surface area contributed by atoms with E-state index >= 15 is 0 Å². The molecule has 0 saturated carbocycles. The topological polar surface area (TPSA) is 69.6 Å². The first-order valence-corrected chi connectivity index (χ1v) is 6.97. The van der Waals surface area contributed by atoms with Crippen LogP contribution in [0.2, 0.25) is 5.02 Å². The van der Waals surface area contributed by atoms with Crippen LogP contribution in [0.4, 0.5) is 5.69 Å². The summed E-state index contributed by atoms with van der Waals surface area (Å²) in [6.45, 7) is 0.703. The van der Waals surface area contributed by atoms with Crippen molar-refractivity contribution in [2.75, 3.05) is 5.73 Å². The molecule has 0 radical (unpaired) electrons. The van der Waals surface area contributed by atoms with Gasteiger partial charge in [-0.25, -0.2) is 4.68 Å². The molecule has 0 bridgehead atoms. The Balaban J connectivity index is 1.82. The Morgan fingerprint density at radius 3 is 2.67 bits per heavy atom. The predicted octanol–water partition coefficient (Wildman–Crippen LogP) is 2.82. The van der Waals surface area contributed by atoms with Gasteiger partial charge in [-0.2, -0.15) is 0 Å². The Labute approximate surface area is 127 Å². The van der Waals surface area contributed by atoms with Crippen LogP contribution in [0.5, 0.6) is 0 Å². The van der Waals surface area contributed by atoms with E-state index in [1.165, 1.54) is 5.56 Å². The second-order valence-electron chi connectivity index (χ2n) is 4.70. The van der Waals surface area contributed by atoms with E-state index < -0.39 is 0 Å². The molecule has 2 aromatic carbocycles. The van der Waals surface area contributed by atoms with Crippen molar-refractivity contribution in [2.45, 2.75) is 13.0 Å². The molecule has 1 aromatic heterocycles. The lowest BCUT2D eigenvalue weighted by Gasteiger charge is -2.06. The molecule has 0 aliphatic rings. The predicted molar refractivity (Wildman–Crippen MR) is 82.8 cm³/mol. The zero-order valence-corrected chi connectivity index (χ0v) is 12.0. The number of benzene rings is 2. The number of halogens is 1. The van der Waals surface area contributed by atoms with Crippen molar-refractivity contribution in [2.24, 2.45) is 0 Å². The molecule has 106 valence electrons. The van der Waals surface area contributed by atoms with Gasteiger partial charge in [-0.1, -0.05) is 41.9 Å². The number of tetrazole rings is 1. The highest BCUT2D eigenvalue weighted by molar-refractivity contribution is 6.33. The second kappa shape index (κ2) is 5.93. The lowest BCUT2D eigenvalue weighted by Crippen LogP contribution is -2.06. The number of anilines is 1. The van der Waals surface area contributed by atoms with Gasteiger partial charge in [-0.3, -0.25) is 0 Å². The minimum atomic E-state index is 0.520. The van der Waals surface area contributed by atoms with Crippen molar-refractivity contribution in [3.63, 3.8) is 0 Å². The average Bonchev–Trinajstić information content (AvgIpc) is 2.97. The molecule has 0 spiro atoms. The number of hydrogen-bond acceptors (Lipinski definition) is 4. The molecule has 0 amide bonds. The Hall–Kier alpha value is -2.40. The molecule has 0 fully saturated rings. The molecule has 0 saturated heterocycles. The van der Waals surface area contributed by atoms with Gasteiger partial charge in [0, 0.05) is 12.1 Å². The second-order valence-corrected chi connectivity index (χ2v) is 5.10. The lowest BCUT2D eigenvalue weighted by molar-refractivity contribution is 0.594. The minimum Gasteiger partial charge on any atom is -0.398 e. The van der Waals surface area contributed by atoms with Crippen LogP contribution in [0.25, 0.3) is 11.4 Å². The smallest absolute Gasteiger partial charge is 0.182 e. The molecule has 2 N–H and O–H groups in total. The molecule has 3 aromatic rings. The number of aryl methyl sites for hydroxylation is 2. The lowest BCUT2D eigenvalue weighted by atomic mass is 10.1. The van der Waals surface area contributed by atoms with Crippen LogP contribution in [0.3, 0.4) is 0 Å². The van der Waals surface area contributed by atoms with E-state index in [1.807, 2.05) is 24.3 Å². The highest BCUT2D eigenvalue weighted by Gasteiger charge is 2.10.